The zero-order valence-electron chi connectivity index (χ0n) is 12.0. The normalized spacial score (nSPS) is 16.3. The van der Waals surface area contributed by atoms with Gasteiger partial charge in [-0.2, -0.15) is 0 Å². The number of hydrogen-bond acceptors (Lipinski definition) is 4. The molecule has 1 aliphatic rings. The van der Waals surface area contributed by atoms with Crippen molar-refractivity contribution in [2.24, 2.45) is 0 Å². The third kappa shape index (κ3) is 4.94. The Labute approximate surface area is 126 Å². The van der Waals surface area contributed by atoms with Crippen LogP contribution in [0.2, 0.25) is 5.02 Å². The van der Waals surface area contributed by atoms with Crippen molar-refractivity contribution in [1.82, 2.24) is 10.2 Å². The molecule has 1 aromatic carbocycles. The molecule has 0 radical (unpaired) electrons. The average Bonchev–Trinajstić information content (AvgIpc) is 2.47. The molecule has 1 N–H and O–H groups in total. The Bertz CT molecular complexity index is 409. The molecule has 1 heterocycles. The Hall–Kier alpha value is -0.810. The largest absolute Gasteiger partial charge is 0.494 e. The van der Waals surface area contributed by atoms with Crippen molar-refractivity contribution in [1.29, 1.82) is 0 Å². The molecule has 0 atom stereocenters. The van der Waals surface area contributed by atoms with Gasteiger partial charge in [-0.25, -0.2) is 0 Å². The molecule has 0 aliphatic carbocycles. The van der Waals surface area contributed by atoms with Crippen LogP contribution in [0.3, 0.4) is 0 Å². The van der Waals surface area contributed by atoms with Crippen molar-refractivity contribution in [2.75, 3.05) is 46.0 Å². The Kier molecular flexibility index (Phi) is 6.60. The van der Waals surface area contributed by atoms with Crippen LogP contribution in [0.4, 0.5) is 0 Å². The molecule has 4 nitrogen and oxygen atoms in total. The van der Waals surface area contributed by atoms with Crippen LogP contribution in [-0.2, 0) is 11.3 Å². The Morgan fingerprint density at radius 2 is 2.15 bits per heavy atom. The fraction of sp³-hybridized carbons (Fsp3) is 0.600. The Morgan fingerprint density at radius 3 is 2.90 bits per heavy atom. The van der Waals surface area contributed by atoms with Crippen molar-refractivity contribution in [2.45, 2.75) is 13.5 Å². The number of nitrogens with zero attached hydrogens (tertiary/aromatic N) is 1. The molecule has 0 bridgehead atoms. The summed E-state index contributed by atoms with van der Waals surface area (Å²) in [5.41, 5.74) is 1.11. The molecule has 0 aromatic heterocycles. The maximum atomic E-state index is 6.05. The third-order valence-corrected chi connectivity index (χ3v) is 3.58. The second-order valence-electron chi connectivity index (χ2n) is 4.82. The summed E-state index contributed by atoms with van der Waals surface area (Å²) in [6.07, 6.45) is 0. The van der Waals surface area contributed by atoms with E-state index < -0.39 is 0 Å². The summed E-state index contributed by atoms with van der Waals surface area (Å²) >= 11 is 6.05. The quantitative estimate of drug-likeness (QED) is 0.782. The van der Waals surface area contributed by atoms with Crippen LogP contribution < -0.4 is 10.1 Å². The van der Waals surface area contributed by atoms with Crippen LogP contribution in [0.15, 0.2) is 18.2 Å². The van der Waals surface area contributed by atoms with Gasteiger partial charge in [0.15, 0.2) is 0 Å². The predicted octanol–water partition coefficient (Wildman–Crippen LogP) is 2.16. The number of halogens is 1. The lowest BCUT2D eigenvalue weighted by molar-refractivity contribution is 0.0384. The van der Waals surface area contributed by atoms with Crippen molar-refractivity contribution in [3.63, 3.8) is 0 Å². The molecule has 0 amide bonds. The van der Waals surface area contributed by atoms with Gasteiger partial charge in [0.1, 0.15) is 5.75 Å². The smallest absolute Gasteiger partial charge is 0.123 e. The molecule has 5 heteroatoms. The zero-order valence-corrected chi connectivity index (χ0v) is 12.8. The summed E-state index contributed by atoms with van der Waals surface area (Å²) in [4.78, 5) is 2.41. The molecule has 1 aliphatic heterocycles. The molecule has 0 unspecified atom stereocenters. The summed E-state index contributed by atoms with van der Waals surface area (Å²) in [5.74, 6) is 0.913. The van der Waals surface area contributed by atoms with Gasteiger partial charge in [-0.15, -0.1) is 0 Å². The summed E-state index contributed by atoms with van der Waals surface area (Å²) in [5, 5.41) is 4.20. The van der Waals surface area contributed by atoms with Crippen molar-refractivity contribution >= 4 is 11.6 Å². The van der Waals surface area contributed by atoms with E-state index in [4.69, 9.17) is 21.1 Å². The Morgan fingerprint density at radius 1 is 1.35 bits per heavy atom. The van der Waals surface area contributed by atoms with E-state index in [1.54, 1.807) is 0 Å². The molecule has 1 saturated heterocycles. The first kappa shape index (κ1) is 15.6. The van der Waals surface area contributed by atoms with Crippen molar-refractivity contribution < 1.29 is 9.47 Å². The van der Waals surface area contributed by atoms with E-state index in [2.05, 4.69) is 10.2 Å². The topological polar surface area (TPSA) is 33.7 Å². The van der Waals surface area contributed by atoms with E-state index in [1.165, 1.54) is 0 Å². The molecule has 1 aromatic rings. The minimum absolute atomic E-state index is 0.669. The van der Waals surface area contributed by atoms with E-state index in [0.29, 0.717) is 6.61 Å². The highest BCUT2D eigenvalue weighted by atomic mass is 35.5. The molecule has 0 saturated carbocycles. The first-order valence-electron chi connectivity index (χ1n) is 7.21. The van der Waals surface area contributed by atoms with Crippen LogP contribution in [0.1, 0.15) is 12.5 Å². The van der Waals surface area contributed by atoms with Crippen molar-refractivity contribution in [3.05, 3.63) is 28.8 Å². The maximum absolute atomic E-state index is 6.05. The number of ether oxygens (including phenoxy) is 2. The van der Waals surface area contributed by atoms with E-state index in [9.17, 15) is 0 Å². The first-order valence-corrected chi connectivity index (χ1v) is 7.59. The number of nitrogens with one attached hydrogen (secondary N) is 1. The molecular formula is C15H23ClN2O2. The SMILES string of the molecule is CCOc1ccc(Cl)cc1CNCCN1CCOCC1. The van der Waals surface area contributed by atoms with Gasteiger partial charge in [0.05, 0.1) is 19.8 Å². The molecule has 2 rings (SSSR count). The molecule has 1 fully saturated rings. The lowest BCUT2D eigenvalue weighted by atomic mass is 10.2. The van der Waals surface area contributed by atoms with Crippen LogP contribution in [0.5, 0.6) is 5.75 Å². The number of rotatable bonds is 7. The predicted molar refractivity (Wildman–Crippen MR) is 81.6 cm³/mol. The molecule has 112 valence electrons. The highest BCUT2D eigenvalue weighted by molar-refractivity contribution is 6.30. The van der Waals surface area contributed by atoms with E-state index in [1.807, 2.05) is 25.1 Å². The van der Waals surface area contributed by atoms with E-state index in [0.717, 1.165) is 62.3 Å². The molecule has 0 spiro atoms. The van der Waals surface area contributed by atoms with Crippen molar-refractivity contribution in [3.8, 4) is 5.75 Å². The van der Waals surface area contributed by atoms with Gasteiger partial charge in [0.2, 0.25) is 0 Å². The van der Waals surface area contributed by atoms with E-state index >= 15 is 0 Å². The van der Waals surface area contributed by atoms with Gasteiger partial charge < -0.3 is 14.8 Å². The van der Waals surface area contributed by atoms with Gasteiger partial charge in [0.25, 0.3) is 0 Å². The summed E-state index contributed by atoms with van der Waals surface area (Å²) < 4.78 is 11.0. The monoisotopic (exact) mass is 298 g/mol. The highest BCUT2D eigenvalue weighted by Crippen LogP contribution is 2.22. The van der Waals surface area contributed by atoms with Crippen LogP contribution in [0.25, 0.3) is 0 Å². The molecule has 20 heavy (non-hydrogen) atoms. The zero-order chi connectivity index (χ0) is 14.2. The molecular weight excluding hydrogens is 276 g/mol. The van der Waals surface area contributed by atoms with E-state index in [-0.39, 0.29) is 0 Å². The number of hydrogen-bond donors (Lipinski definition) is 1. The minimum Gasteiger partial charge on any atom is -0.494 e. The fourth-order valence-corrected chi connectivity index (χ4v) is 2.46. The average molecular weight is 299 g/mol. The van der Waals surface area contributed by atoms with Crippen LogP contribution in [-0.4, -0.2) is 50.9 Å². The first-order chi connectivity index (χ1) is 9.79. The van der Waals surface area contributed by atoms with Gasteiger partial charge in [-0.05, 0) is 25.1 Å². The highest BCUT2D eigenvalue weighted by Gasteiger charge is 2.09. The summed E-state index contributed by atoms with van der Waals surface area (Å²) in [7, 11) is 0. The van der Waals surface area contributed by atoms with Gasteiger partial charge >= 0.3 is 0 Å². The minimum atomic E-state index is 0.669. The van der Waals surface area contributed by atoms with Gasteiger partial charge in [-0.3, -0.25) is 4.90 Å². The third-order valence-electron chi connectivity index (χ3n) is 3.35. The number of morpholine rings is 1. The lowest BCUT2D eigenvalue weighted by Crippen LogP contribution is -2.40. The summed E-state index contributed by atoms with van der Waals surface area (Å²) in [6, 6.07) is 5.77. The summed E-state index contributed by atoms with van der Waals surface area (Å²) in [6.45, 7) is 9.20. The second-order valence-corrected chi connectivity index (χ2v) is 5.25. The maximum Gasteiger partial charge on any atom is 0.123 e. The number of benzene rings is 1. The fourth-order valence-electron chi connectivity index (χ4n) is 2.27. The van der Waals surface area contributed by atoms with Gasteiger partial charge in [-0.1, -0.05) is 11.6 Å². The second kappa shape index (κ2) is 8.47. The van der Waals surface area contributed by atoms with Crippen LogP contribution in [0, 0.1) is 0 Å². The lowest BCUT2D eigenvalue weighted by Gasteiger charge is -2.26. The van der Waals surface area contributed by atoms with Gasteiger partial charge in [0, 0.05) is 43.3 Å². The standard InChI is InChI=1S/C15H23ClN2O2/c1-2-20-15-4-3-14(16)11-13(15)12-17-5-6-18-7-9-19-10-8-18/h3-4,11,17H,2,5-10,12H2,1H3. The van der Waals surface area contributed by atoms with Crippen LogP contribution >= 0.6 is 11.6 Å². The Balaban J connectivity index is 1.76.